The van der Waals surface area contributed by atoms with Crippen molar-refractivity contribution in [3.8, 4) is 0 Å². The van der Waals surface area contributed by atoms with Crippen LogP contribution >= 0.6 is 0 Å². The van der Waals surface area contributed by atoms with E-state index in [-0.39, 0.29) is 0 Å². The van der Waals surface area contributed by atoms with Crippen LogP contribution in [0.3, 0.4) is 0 Å². The quantitative estimate of drug-likeness (QED) is 0.881. The van der Waals surface area contributed by atoms with Crippen molar-refractivity contribution in [3.05, 3.63) is 36.4 Å². The van der Waals surface area contributed by atoms with Crippen LogP contribution in [-0.2, 0) is 0 Å². The molecule has 0 aliphatic carbocycles. The fraction of sp³-hybridized carbons (Fsp3) is 0.286. The molecule has 3 rings (SSSR count). The van der Waals surface area contributed by atoms with E-state index in [2.05, 4.69) is 20.2 Å². The fourth-order valence-electron chi connectivity index (χ4n) is 2.29. The van der Waals surface area contributed by atoms with Crippen LogP contribution in [0.15, 0.2) is 36.4 Å². The molecule has 1 aliphatic rings. The summed E-state index contributed by atoms with van der Waals surface area (Å²) >= 11 is 0. The van der Waals surface area contributed by atoms with E-state index in [0.29, 0.717) is 5.95 Å². The van der Waals surface area contributed by atoms with Crippen LogP contribution in [0.2, 0.25) is 0 Å². The van der Waals surface area contributed by atoms with Gasteiger partial charge in [0.15, 0.2) is 0 Å². The fourth-order valence-corrected chi connectivity index (χ4v) is 2.29. The van der Waals surface area contributed by atoms with Gasteiger partial charge in [-0.1, -0.05) is 18.2 Å². The van der Waals surface area contributed by atoms with E-state index in [1.807, 2.05) is 36.4 Å². The average molecular weight is 255 g/mol. The molecule has 0 spiro atoms. The van der Waals surface area contributed by atoms with Crippen molar-refractivity contribution >= 4 is 23.3 Å². The van der Waals surface area contributed by atoms with Gasteiger partial charge < -0.3 is 16.0 Å². The minimum atomic E-state index is 0.308. The summed E-state index contributed by atoms with van der Waals surface area (Å²) in [7, 11) is 0. The molecule has 1 aliphatic heterocycles. The second-order valence-electron chi connectivity index (χ2n) is 4.65. The molecule has 0 atom stereocenters. The molecule has 19 heavy (non-hydrogen) atoms. The number of aromatic nitrogens is 2. The monoisotopic (exact) mass is 255 g/mol. The van der Waals surface area contributed by atoms with Crippen LogP contribution in [0, 0.1) is 0 Å². The van der Waals surface area contributed by atoms with Gasteiger partial charge in [-0.25, -0.2) is 0 Å². The Balaban J connectivity index is 1.85. The molecule has 0 amide bonds. The highest BCUT2D eigenvalue weighted by atomic mass is 15.2. The Morgan fingerprint density at radius 2 is 1.79 bits per heavy atom. The number of rotatable bonds is 3. The summed E-state index contributed by atoms with van der Waals surface area (Å²) in [6.45, 7) is 2.09. The first-order valence-electron chi connectivity index (χ1n) is 6.53. The highest BCUT2D eigenvalue weighted by Crippen LogP contribution is 2.23. The van der Waals surface area contributed by atoms with Gasteiger partial charge in [0.1, 0.15) is 11.6 Å². The number of benzene rings is 1. The molecule has 1 aromatic carbocycles. The van der Waals surface area contributed by atoms with Crippen molar-refractivity contribution in [3.63, 3.8) is 0 Å². The smallest absolute Gasteiger partial charge is 0.223 e. The van der Waals surface area contributed by atoms with Gasteiger partial charge in [-0.3, -0.25) is 0 Å². The van der Waals surface area contributed by atoms with Crippen molar-refractivity contribution in [2.45, 2.75) is 12.8 Å². The third-order valence-corrected chi connectivity index (χ3v) is 3.21. The molecule has 5 nitrogen and oxygen atoms in total. The average Bonchev–Trinajstić information content (AvgIpc) is 2.93. The minimum Gasteiger partial charge on any atom is -0.368 e. The third kappa shape index (κ3) is 2.76. The van der Waals surface area contributed by atoms with Crippen molar-refractivity contribution in [1.29, 1.82) is 0 Å². The van der Waals surface area contributed by atoms with Crippen molar-refractivity contribution in [2.75, 3.05) is 29.0 Å². The molecule has 0 bridgehead atoms. The van der Waals surface area contributed by atoms with Crippen LogP contribution in [0.1, 0.15) is 12.8 Å². The molecule has 0 unspecified atom stereocenters. The first-order valence-corrected chi connectivity index (χ1v) is 6.53. The molecule has 2 aromatic rings. The van der Waals surface area contributed by atoms with Crippen LogP contribution in [0.4, 0.5) is 23.3 Å². The lowest BCUT2D eigenvalue weighted by atomic mass is 10.3. The van der Waals surface area contributed by atoms with Gasteiger partial charge in [0.25, 0.3) is 0 Å². The molecule has 1 fully saturated rings. The van der Waals surface area contributed by atoms with E-state index < -0.39 is 0 Å². The zero-order chi connectivity index (χ0) is 13.1. The number of hydrogen-bond acceptors (Lipinski definition) is 5. The summed E-state index contributed by atoms with van der Waals surface area (Å²) in [5.74, 6) is 1.95. The maximum Gasteiger partial charge on any atom is 0.223 e. The zero-order valence-electron chi connectivity index (χ0n) is 10.7. The summed E-state index contributed by atoms with van der Waals surface area (Å²) in [6.07, 6.45) is 2.43. The van der Waals surface area contributed by atoms with Gasteiger partial charge in [0.05, 0.1) is 0 Å². The Bertz CT molecular complexity index is 549. The van der Waals surface area contributed by atoms with Crippen LogP contribution in [-0.4, -0.2) is 23.1 Å². The van der Waals surface area contributed by atoms with Crippen molar-refractivity contribution in [1.82, 2.24) is 9.97 Å². The van der Waals surface area contributed by atoms with E-state index in [0.717, 1.165) is 30.4 Å². The third-order valence-electron chi connectivity index (χ3n) is 3.21. The van der Waals surface area contributed by atoms with Crippen molar-refractivity contribution in [2.24, 2.45) is 0 Å². The van der Waals surface area contributed by atoms with E-state index in [1.54, 1.807) is 0 Å². The largest absolute Gasteiger partial charge is 0.368 e. The number of para-hydroxylation sites is 1. The van der Waals surface area contributed by atoms with Gasteiger partial charge in [-0.2, -0.15) is 9.97 Å². The summed E-state index contributed by atoms with van der Waals surface area (Å²) in [5.41, 5.74) is 6.79. The predicted molar refractivity (Wildman–Crippen MR) is 77.6 cm³/mol. The summed E-state index contributed by atoms with van der Waals surface area (Å²) < 4.78 is 0. The van der Waals surface area contributed by atoms with Crippen LogP contribution in [0.25, 0.3) is 0 Å². The Labute approximate surface area is 112 Å². The first kappa shape index (κ1) is 11.8. The zero-order valence-corrected chi connectivity index (χ0v) is 10.7. The summed E-state index contributed by atoms with van der Waals surface area (Å²) in [6, 6.07) is 11.9. The van der Waals surface area contributed by atoms with Gasteiger partial charge in [0, 0.05) is 24.8 Å². The number of hydrogen-bond donors (Lipinski definition) is 2. The molecule has 1 saturated heterocycles. The molecule has 0 radical (unpaired) electrons. The summed E-state index contributed by atoms with van der Waals surface area (Å²) in [4.78, 5) is 10.8. The molecule has 98 valence electrons. The van der Waals surface area contributed by atoms with Crippen molar-refractivity contribution < 1.29 is 0 Å². The maximum absolute atomic E-state index is 5.79. The van der Waals surface area contributed by atoms with Gasteiger partial charge in [-0.15, -0.1) is 0 Å². The van der Waals surface area contributed by atoms with E-state index in [1.165, 1.54) is 12.8 Å². The Hall–Kier alpha value is -2.30. The predicted octanol–water partition coefficient (Wildman–Crippen LogP) is 2.40. The standard InChI is InChI=1S/C14H17N5/c15-14-17-12(16-11-6-2-1-3-7-11)10-13(18-14)19-8-4-5-9-19/h1-3,6-7,10H,4-5,8-9H2,(H3,15,16,17,18). The molecule has 5 heteroatoms. The number of nitrogens with two attached hydrogens (primary N) is 1. The maximum atomic E-state index is 5.79. The lowest BCUT2D eigenvalue weighted by molar-refractivity contribution is 0.932. The lowest BCUT2D eigenvalue weighted by Gasteiger charge is -2.17. The first-order chi connectivity index (χ1) is 9.31. The van der Waals surface area contributed by atoms with E-state index >= 15 is 0 Å². The van der Waals surface area contributed by atoms with Crippen LogP contribution in [0.5, 0.6) is 0 Å². The molecular formula is C14H17N5. The van der Waals surface area contributed by atoms with E-state index in [9.17, 15) is 0 Å². The highest BCUT2D eigenvalue weighted by molar-refractivity contribution is 5.61. The van der Waals surface area contributed by atoms with Gasteiger partial charge in [-0.05, 0) is 25.0 Å². The number of nitrogen functional groups attached to an aromatic ring is 1. The second-order valence-corrected chi connectivity index (χ2v) is 4.65. The van der Waals surface area contributed by atoms with E-state index in [4.69, 9.17) is 5.73 Å². The van der Waals surface area contributed by atoms with Crippen LogP contribution < -0.4 is 16.0 Å². The lowest BCUT2D eigenvalue weighted by Crippen LogP contribution is -2.20. The molecular weight excluding hydrogens is 238 g/mol. The SMILES string of the molecule is Nc1nc(Nc2ccccc2)cc(N2CCCC2)n1. The molecule has 3 N–H and O–H groups in total. The molecule has 1 aromatic heterocycles. The van der Waals surface area contributed by atoms with Gasteiger partial charge in [0.2, 0.25) is 5.95 Å². The molecule has 2 heterocycles. The number of nitrogens with one attached hydrogen (secondary N) is 1. The Morgan fingerprint density at radius 1 is 1.05 bits per heavy atom. The van der Waals surface area contributed by atoms with Gasteiger partial charge >= 0.3 is 0 Å². The topological polar surface area (TPSA) is 67.1 Å². The molecule has 0 saturated carbocycles. The Kier molecular flexibility index (Phi) is 3.18. The minimum absolute atomic E-state index is 0.308. The second kappa shape index (κ2) is 5.14. The number of nitrogens with zero attached hydrogens (tertiary/aromatic N) is 3. The Morgan fingerprint density at radius 3 is 2.53 bits per heavy atom. The number of anilines is 4. The summed E-state index contributed by atoms with van der Waals surface area (Å²) in [5, 5.41) is 3.25. The normalized spacial score (nSPS) is 14.6. The highest BCUT2D eigenvalue weighted by Gasteiger charge is 2.15.